The molecule has 63 heavy (non-hydrogen) atoms. The zero-order valence-corrected chi connectivity index (χ0v) is 38.4. The topological polar surface area (TPSA) is 130 Å². The van der Waals surface area contributed by atoms with Crippen molar-refractivity contribution in [1.29, 1.82) is 0 Å². The summed E-state index contributed by atoms with van der Waals surface area (Å²) in [7, 11) is 2.05. The zero-order valence-electron chi connectivity index (χ0n) is 38.4. The average molecular weight is 858 g/mol. The number of likely N-dealkylation sites (tertiary alicyclic amines) is 1. The first kappa shape index (κ1) is 47.1. The van der Waals surface area contributed by atoms with Gasteiger partial charge in [-0.25, -0.2) is 0 Å². The van der Waals surface area contributed by atoms with Crippen LogP contribution in [0.5, 0.6) is 11.5 Å². The third-order valence-electron chi connectivity index (χ3n) is 12.8. The van der Waals surface area contributed by atoms with Crippen molar-refractivity contribution in [2.75, 3.05) is 33.3 Å². The van der Waals surface area contributed by atoms with Crippen LogP contribution in [0.15, 0.2) is 79.1 Å². The molecule has 9 rings (SSSR count). The quantitative estimate of drug-likeness (QED) is 0.0998. The van der Waals surface area contributed by atoms with E-state index in [-0.39, 0.29) is 29.9 Å². The number of hydrogen-bond donors (Lipinski definition) is 2. The Balaban J connectivity index is 0.000000202. The normalized spacial score (nSPS) is 18.8. The fraction of sp³-hybridized carbons (Fsp3) is 0.481. The SMILES string of the molecule is CC.CC.CNC1CC2(C1)CN(CCCCCOc1ccc3c(c1)C(=O)N(C1CCC(=O)NC1=O)C3=O)C2.Cc1cc(-c2ccc(OC3CCC3)cc2)ccc1-c1cnccc1C. The second-order valence-corrected chi connectivity index (χ2v) is 17.1. The number of imide groups is 2. The summed E-state index contributed by atoms with van der Waals surface area (Å²) in [6.07, 6.45) is 13.9. The first-order valence-corrected chi connectivity index (χ1v) is 23.3. The van der Waals surface area contributed by atoms with Gasteiger partial charge in [0.2, 0.25) is 11.8 Å². The van der Waals surface area contributed by atoms with Crippen LogP contribution in [0.1, 0.15) is 124 Å². The maximum Gasteiger partial charge on any atom is 0.262 e. The second-order valence-electron chi connectivity index (χ2n) is 17.1. The zero-order chi connectivity index (χ0) is 45.1. The monoisotopic (exact) mass is 858 g/mol. The number of aryl methyl sites for hydroxylation is 2. The summed E-state index contributed by atoms with van der Waals surface area (Å²) in [6, 6.07) is 21.8. The van der Waals surface area contributed by atoms with Crippen molar-refractivity contribution in [2.24, 2.45) is 5.41 Å². The minimum atomic E-state index is -0.954. The number of fused-ring (bicyclic) bond motifs is 1. The smallest absolute Gasteiger partial charge is 0.262 e. The minimum absolute atomic E-state index is 0.105. The van der Waals surface area contributed by atoms with Gasteiger partial charge in [-0.2, -0.15) is 0 Å². The number of piperidine rings is 1. The fourth-order valence-electron chi connectivity index (χ4n) is 9.15. The number of nitrogens with one attached hydrogen (secondary N) is 2. The molecule has 4 amide bonds. The predicted molar refractivity (Wildman–Crippen MR) is 249 cm³/mol. The summed E-state index contributed by atoms with van der Waals surface area (Å²) < 4.78 is 11.8. The lowest BCUT2D eigenvalue weighted by Crippen LogP contribution is -2.65. The van der Waals surface area contributed by atoms with E-state index < -0.39 is 23.8 Å². The summed E-state index contributed by atoms with van der Waals surface area (Å²) in [4.78, 5) is 57.0. The Bertz CT molecular complexity index is 2200. The lowest BCUT2D eigenvalue weighted by Gasteiger charge is -2.59. The molecule has 3 aromatic carbocycles. The third-order valence-corrected chi connectivity index (χ3v) is 12.8. The summed E-state index contributed by atoms with van der Waals surface area (Å²) in [5, 5.41) is 5.56. The molecule has 2 N–H and O–H groups in total. The Kier molecular flexibility index (Phi) is 16.3. The number of rotatable bonds is 13. The van der Waals surface area contributed by atoms with Gasteiger partial charge in [-0.1, -0.05) is 58.0 Å². The first-order chi connectivity index (χ1) is 30.6. The number of carbonyl (C=O) groups is 4. The van der Waals surface area contributed by atoms with Gasteiger partial charge in [0.25, 0.3) is 11.8 Å². The summed E-state index contributed by atoms with van der Waals surface area (Å²) >= 11 is 0. The number of nitrogens with zero attached hydrogens (tertiary/aromatic N) is 3. The number of unbranched alkanes of at least 4 members (excludes halogenated alkanes) is 2. The molecule has 1 aromatic heterocycles. The molecule has 3 aliphatic heterocycles. The number of benzene rings is 3. The van der Waals surface area contributed by atoms with Gasteiger partial charge in [-0.3, -0.25) is 34.4 Å². The Labute approximate surface area is 374 Å². The molecule has 11 heteroatoms. The van der Waals surface area contributed by atoms with Crippen molar-refractivity contribution in [1.82, 2.24) is 25.4 Å². The van der Waals surface area contributed by atoms with Gasteiger partial charge in [0, 0.05) is 43.5 Å². The highest BCUT2D eigenvalue weighted by atomic mass is 16.5. The fourth-order valence-corrected chi connectivity index (χ4v) is 9.15. The molecule has 0 radical (unpaired) electrons. The average Bonchev–Trinajstić information content (AvgIpc) is 3.50. The van der Waals surface area contributed by atoms with E-state index in [0.29, 0.717) is 29.9 Å². The molecule has 5 aliphatic rings. The molecule has 1 atom stereocenters. The molecule has 0 bridgehead atoms. The van der Waals surface area contributed by atoms with E-state index in [2.05, 4.69) is 82.9 Å². The predicted octanol–water partition coefficient (Wildman–Crippen LogP) is 9.34. The summed E-state index contributed by atoms with van der Waals surface area (Å²) in [5.74, 6) is -0.489. The van der Waals surface area contributed by atoms with Crippen LogP contribution in [-0.2, 0) is 9.59 Å². The third kappa shape index (κ3) is 11.0. The van der Waals surface area contributed by atoms with Crippen molar-refractivity contribution < 1.29 is 28.7 Å². The molecule has 2 saturated heterocycles. The van der Waals surface area contributed by atoms with E-state index in [1.165, 1.54) is 78.6 Å². The molecular formula is C52H67N5O6. The molecule has 4 fully saturated rings. The van der Waals surface area contributed by atoms with Crippen molar-refractivity contribution in [2.45, 2.75) is 124 Å². The van der Waals surface area contributed by atoms with E-state index in [9.17, 15) is 19.2 Å². The van der Waals surface area contributed by atoms with Gasteiger partial charge in [-0.15, -0.1) is 0 Å². The van der Waals surface area contributed by atoms with Gasteiger partial charge in [-0.05, 0) is 155 Å². The van der Waals surface area contributed by atoms with E-state index in [1.807, 2.05) is 47.1 Å². The second kappa shape index (κ2) is 21.8. The van der Waals surface area contributed by atoms with E-state index >= 15 is 0 Å². The van der Waals surface area contributed by atoms with Crippen molar-refractivity contribution in [3.8, 4) is 33.8 Å². The number of amides is 4. The van der Waals surface area contributed by atoms with Gasteiger partial charge in [0.05, 0.1) is 23.8 Å². The first-order valence-electron chi connectivity index (χ1n) is 23.3. The molecule has 4 aromatic rings. The van der Waals surface area contributed by atoms with Crippen LogP contribution in [0, 0.1) is 19.3 Å². The molecular weight excluding hydrogens is 791 g/mol. The van der Waals surface area contributed by atoms with Crippen LogP contribution >= 0.6 is 0 Å². The van der Waals surface area contributed by atoms with Crippen molar-refractivity contribution in [3.05, 3.63) is 101 Å². The highest BCUT2D eigenvalue weighted by Gasteiger charge is 2.51. The van der Waals surface area contributed by atoms with E-state index in [4.69, 9.17) is 9.47 Å². The van der Waals surface area contributed by atoms with Crippen molar-refractivity contribution >= 4 is 23.6 Å². The van der Waals surface area contributed by atoms with Gasteiger partial charge in [0.1, 0.15) is 17.5 Å². The lowest BCUT2D eigenvalue weighted by atomic mass is 9.60. The highest BCUT2D eigenvalue weighted by molar-refractivity contribution is 6.23. The van der Waals surface area contributed by atoms with Crippen LogP contribution in [0.25, 0.3) is 22.3 Å². The van der Waals surface area contributed by atoms with Crippen molar-refractivity contribution in [3.63, 3.8) is 0 Å². The summed E-state index contributed by atoms with van der Waals surface area (Å²) in [5.41, 5.74) is 8.53. The minimum Gasteiger partial charge on any atom is -0.494 e. The van der Waals surface area contributed by atoms with Crippen LogP contribution in [0.4, 0.5) is 0 Å². The maximum atomic E-state index is 12.9. The number of pyridine rings is 1. The van der Waals surface area contributed by atoms with Crippen LogP contribution in [-0.4, -0.2) is 89.9 Å². The molecule has 1 unspecified atom stereocenters. The maximum absolute atomic E-state index is 12.9. The van der Waals surface area contributed by atoms with Gasteiger partial charge < -0.3 is 19.7 Å². The number of ether oxygens (including phenoxy) is 2. The largest absolute Gasteiger partial charge is 0.494 e. The molecule has 336 valence electrons. The van der Waals surface area contributed by atoms with Gasteiger partial charge >= 0.3 is 0 Å². The Morgan fingerprint density at radius 2 is 1.43 bits per heavy atom. The van der Waals surface area contributed by atoms with E-state index in [0.717, 1.165) is 36.5 Å². The Morgan fingerprint density at radius 3 is 2.08 bits per heavy atom. The van der Waals surface area contributed by atoms with Gasteiger partial charge in [0.15, 0.2) is 0 Å². The molecule has 1 spiro atoms. The number of carbonyl (C=O) groups excluding carboxylic acids is 4. The van der Waals surface area contributed by atoms with Crippen LogP contribution in [0.2, 0.25) is 0 Å². The molecule has 11 nitrogen and oxygen atoms in total. The Hall–Kier alpha value is -5.39. The van der Waals surface area contributed by atoms with E-state index in [1.54, 1.807) is 18.2 Å². The molecule has 4 heterocycles. The van der Waals surface area contributed by atoms with Crippen LogP contribution < -0.4 is 20.1 Å². The molecule has 2 saturated carbocycles. The molecule has 2 aliphatic carbocycles. The summed E-state index contributed by atoms with van der Waals surface area (Å²) in [6.45, 7) is 16.5. The number of aromatic nitrogens is 1. The lowest BCUT2D eigenvalue weighted by molar-refractivity contribution is -0.136. The number of hydrogen-bond acceptors (Lipinski definition) is 9. The van der Waals surface area contributed by atoms with Crippen LogP contribution in [0.3, 0.4) is 0 Å². The standard InChI is InChI=1S/C25H32N4O5.C23H23NO.2C2H6/c1-26-16-12-25(13-16)14-28(15-25)9-3-2-4-10-34-17-5-6-18-19(11-17)24(33)29(23(18)32)20-7-8-21(30)27-22(20)31;1-16-12-13-24-15-23(16)22-11-8-19(14-17(22)2)18-6-9-21(10-7-18)25-20-4-3-5-20;2*1-2/h5-6,11,16,20,26H,2-4,7-10,12-15H2,1H3,(H,27,30,31);6-15,20H,3-5H2,1-2H3;2*1-2H3. The Morgan fingerprint density at radius 1 is 0.746 bits per heavy atom. The highest BCUT2D eigenvalue weighted by Crippen LogP contribution is 2.48.